The Morgan fingerprint density at radius 1 is 1.24 bits per heavy atom. The first-order valence-electron chi connectivity index (χ1n) is 7.84. The molecule has 5 nitrogen and oxygen atoms in total. The maximum absolute atomic E-state index is 11.9. The molecular formula is C16H30N4O. The van der Waals surface area contributed by atoms with Crippen LogP contribution in [0.2, 0.25) is 0 Å². The fourth-order valence-corrected chi connectivity index (χ4v) is 2.14. The molecule has 5 heteroatoms. The average Bonchev–Trinajstić information content (AvgIpc) is 2.61. The smallest absolute Gasteiger partial charge is 0.241 e. The molecule has 0 aromatic carbocycles. The third-order valence-corrected chi connectivity index (χ3v) is 3.56. The van der Waals surface area contributed by atoms with Crippen molar-refractivity contribution in [1.82, 2.24) is 20.4 Å². The highest BCUT2D eigenvalue weighted by Crippen LogP contribution is 2.13. The van der Waals surface area contributed by atoms with Gasteiger partial charge in [0.15, 0.2) is 0 Å². The number of carbonyl (C=O) groups excluding carboxylic acids is 1. The molecule has 0 atom stereocenters. The summed E-state index contributed by atoms with van der Waals surface area (Å²) in [5, 5.41) is 10.8. The van der Waals surface area contributed by atoms with Crippen LogP contribution < -0.4 is 10.6 Å². The topological polar surface area (TPSA) is 59.0 Å². The second-order valence-electron chi connectivity index (χ2n) is 6.38. The second-order valence-corrected chi connectivity index (χ2v) is 6.38. The molecule has 0 saturated carbocycles. The summed E-state index contributed by atoms with van der Waals surface area (Å²) in [4.78, 5) is 11.9. The minimum absolute atomic E-state index is 0.0321. The molecule has 21 heavy (non-hydrogen) atoms. The van der Waals surface area contributed by atoms with Crippen molar-refractivity contribution in [3.05, 3.63) is 17.0 Å². The molecule has 0 bridgehead atoms. The Morgan fingerprint density at radius 2 is 1.90 bits per heavy atom. The SMILES string of the molecule is Cc1nn(CC(=O)NCCC(C)C)c(C)c1CNC(C)C. The lowest BCUT2D eigenvalue weighted by Gasteiger charge is -2.10. The number of hydrogen-bond acceptors (Lipinski definition) is 3. The Balaban J connectivity index is 2.59. The van der Waals surface area contributed by atoms with Crippen LogP contribution in [0.25, 0.3) is 0 Å². The number of hydrogen-bond donors (Lipinski definition) is 2. The van der Waals surface area contributed by atoms with Gasteiger partial charge in [-0.1, -0.05) is 27.7 Å². The van der Waals surface area contributed by atoms with Crippen molar-refractivity contribution in [2.45, 2.75) is 67.1 Å². The van der Waals surface area contributed by atoms with E-state index in [1.807, 2.05) is 13.8 Å². The molecule has 0 aliphatic rings. The number of rotatable bonds is 8. The standard InChI is InChI=1S/C16H30N4O/c1-11(2)7-8-17-16(21)10-20-14(6)15(13(5)19-20)9-18-12(3)4/h11-12,18H,7-10H2,1-6H3,(H,17,21). The van der Waals surface area contributed by atoms with Gasteiger partial charge in [0.1, 0.15) is 6.54 Å². The molecule has 120 valence electrons. The summed E-state index contributed by atoms with van der Waals surface area (Å²) in [6.45, 7) is 14.4. The zero-order valence-corrected chi connectivity index (χ0v) is 14.3. The number of amides is 1. The quantitative estimate of drug-likeness (QED) is 0.772. The molecule has 1 rings (SSSR count). The van der Waals surface area contributed by atoms with Crippen LogP contribution in [0.3, 0.4) is 0 Å². The maximum Gasteiger partial charge on any atom is 0.241 e. The van der Waals surface area contributed by atoms with Gasteiger partial charge in [-0.15, -0.1) is 0 Å². The van der Waals surface area contributed by atoms with Crippen LogP contribution in [0, 0.1) is 19.8 Å². The van der Waals surface area contributed by atoms with E-state index >= 15 is 0 Å². The summed E-state index contributed by atoms with van der Waals surface area (Å²) in [5.74, 6) is 0.636. The first-order chi connectivity index (χ1) is 9.81. The molecule has 0 unspecified atom stereocenters. The molecule has 1 aromatic rings. The van der Waals surface area contributed by atoms with Crippen LogP contribution in [0.5, 0.6) is 0 Å². The molecule has 0 spiro atoms. The lowest BCUT2D eigenvalue weighted by molar-refractivity contribution is -0.121. The van der Waals surface area contributed by atoms with Gasteiger partial charge in [0.05, 0.1) is 5.69 Å². The summed E-state index contributed by atoms with van der Waals surface area (Å²) in [6, 6.07) is 0.437. The normalized spacial score (nSPS) is 11.4. The number of nitrogens with one attached hydrogen (secondary N) is 2. The minimum Gasteiger partial charge on any atom is -0.354 e. The van der Waals surface area contributed by atoms with Crippen molar-refractivity contribution >= 4 is 5.91 Å². The molecule has 1 amide bonds. The van der Waals surface area contributed by atoms with E-state index in [9.17, 15) is 4.79 Å². The van der Waals surface area contributed by atoms with Crippen molar-refractivity contribution in [2.24, 2.45) is 5.92 Å². The van der Waals surface area contributed by atoms with Crippen LogP contribution in [0.1, 0.15) is 51.1 Å². The summed E-state index contributed by atoms with van der Waals surface area (Å²) < 4.78 is 1.80. The molecule has 0 fully saturated rings. The second kappa shape index (κ2) is 8.17. The van der Waals surface area contributed by atoms with E-state index in [4.69, 9.17) is 0 Å². The fraction of sp³-hybridized carbons (Fsp3) is 0.750. The average molecular weight is 294 g/mol. The molecule has 2 N–H and O–H groups in total. The summed E-state index contributed by atoms with van der Waals surface area (Å²) >= 11 is 0. The van der Waals surface area contributed by atoms with Gasteiger partial charge in [-0.25, -0.2) is 0 Å². The van der Waals surface area contributed by atoms with Crippen LogP contribution in [0.4, 0.5) is 0 Å². The summed E-state index contributed by atoms with van der Waals surface area (Å²) in [5.41, 5.74) is 3.26. The van der Waals surface area contributed by atoms with Gasteiger partial charge < -0.3 is 10.6 Å². The van der Waals surface area contributed by atoms with E-state index in [-0.39, 0.29) is 5.91 Å². The Bertz CT molecular complexity index is 463. The third kappa shape index (κ3) is 5.87. The van der Waals surface area contributed by atoms with Crippen molar-refractivity contribution in [3.63, 3.8) is 0 Å². The van der Waals surface area contributed by atoms with Gasteiger partial charge in [0.25, 0.3) is 0 Å². The van der Waals surface area contributed by atoms with Gasteiger partial charge in [-0.05, 0) is 26.2 Å². The molecule has 0 aliphatic heterocycles. The Kier molecular flexibility index (Phi) is 6.89. The number of nitrogens with zero attached hydrogens (tertiary/aromatic N) is 2. The van der Waals surface area contributed by atoms with Crippen LogP contribution in [-0.2, 0) is 17.9 Å². The van der Waals surface area contributed by atoms with E-state index < -0.39 is 0 Å². The largest absolute Gasteiger partial charge is 0.354 e. The van der Waals surface area contributed by atoms with Crippen molar-refractivity contribution in [3.8, 4) is 0 Å². The van der Waals surface area contributed by atoms with Gasteiger partial charge in [-0.3, -0.25) is 9.48 Å². The maximum atomic E-state index is 11.9. The monoisotopic (exact) mass is 294 g/mol. The van der Waals surface area contributed by atoms with Crippen molar-refractivity contribution in [2.75, 3.05) is 6.54 Å². The summed E-state index contributed by atoms with van der Waals surface area (Å²) in [7, 11) is 0. The highest BCUT2D eigenvalue weighted by molar-refractivity contribution is 5.75. The van der Waals surface area contributed by atoms with E-state index in [2.05, 4.69) is 43.4 Å². The minimum atomic E-state index is 0.0321. The zero-order valence-electron chi connectivity index (χ0n) is 14.3. The van der Waals surface area contributed by atoms with E-state index in [0.717, 1.165) is 30.9 Å². The Labute approximate surface area is 128 Å². The number of aromatic nitrogens is 2. The van der Waals surface area contributed by atoms with Gasteiger partial charge >= 0.3 is 0 Å². The molecule has 0 aliphatic carbocycles. The molecule has 0 radical (unpaired) electrons. The highest BCUT2D eigenvalue weighted by atomic mass is 16.2. The Morgan fingerprint density at radius 3 is 2.48 bits per heavy atom. The van der Waals surface area contributed by atoms with Crippen LogP contribution in [-0.4, -0.2) is 28.3 Å². The first-order valence-corrected chi connectivity index (χ1v) is 7.84. The number of carbonyl (C=O) groups is 1. The lowest BCUT2D eigenvalue weighted by Crippen LogP contribution is -2.30. The van der Waals surface area contributed by atoms with Gasteiger partial charge in [0, 0.05) is 30.4 Å². The van der Waals surface area contributed by atoms with Crippen molar-refractivity contribution < 1.29 is 4.79 Å². The third-order valence-electron chi connectivity index (χ3n) is 3.56. The van der Waals surface area contributed by atoms with E-state index in [1.165, 1.54) is 5.56 Å². The molecule has 0 saturated heterocycles. The van der Waals surface area contributed by atoms with Crippen LogP contribution >= 0.6 is 0 Å². The molecule has 1 aromatic heterocycles. The predicted octanol–water partition coefficient (Wildman–Crippen LogP) is 2.16. The fourth-order valence-electron chi connectivity index (χ4n) is 2.14. The van der Waals surface area contributed by atoms with E-state index in [1.54, 1.807) is 4.68 Å². The van der Waals surface area contributed by atoms with Gasteiger partial charge in [0.2, 0.25) is 5.91 Å². The Hall–Kier alpha value is -1.36. The summed E-state index contributed by atoms with van der Waals surface area (Å²) in [6.07, 6.45) is 1.01. The van der Waals surface area contributed by atoms with E-state index in [0.29, 0.717) is 18.5 Å². The zero-order chi connectivity index (χ0) is 16.0. The first kappa shape index (κ1) is 17.7. The lowest BCUT2D eigenvalue weighted by atomic mass is 10.1. The van der Waals surface area contributed by atoms with Gasteiger partial charge in [-0.2, -0.15) is 5.10 Å². The number of aryl methyl sites for hydroxylation is 1. The predicted molar refractivity (Wildman–Crippen MR) is 86.1 cm³/mol. The van der Waals surface area contributed by atoms with Crippen LogP contribution in [0.15, 0.2) is 0 Å². The van der Waals surface area contributed by atoms with Crippen molar-refractivity contribution in [1.29, 1.82) is 0 Å². The molecule has 1 heterocycles. The molecular weight excluding hydrogens is 264 g/mol. The highest BCUT2D eigenvalue weighted by Gasteiger charge is 2.13.